The number of nitrogens with one attached hydrogen (secondary N) is 2. The third kappa shape index (κ3) is 4.46. The SMILES string of the molecule is O=C(NC1CCN(CCOc2ccccc2)CC1)c1ccc2[nH]ncc2c1. The number of fused-ring (bicyclic) bond motifs is 1. The van der Waals surface area contributed by atoms with Gasteiger partial charge in [-0.1, -0.05) is 18.2 Å². The first-order chi connectivity index (χ1) is 13.3. The first kappa shape index (κ1) is 17.5. The molecule has 27 heavy (non-hydrogen) atoms. The summed E-state index contributed by atoms with van der Waals surface area (Å²) in [5, 5.41) is 11.0. The third-order valence-electron chi connectivity index (χ3n) is 5.04. The third-order valence-corrected chi connectivity index (χ3v) is 5.04. The molecule has 1 aliphatic rings. The van der Waals surface area contributed by atoms with E-state index in [2.05, 4.69) is 20.4 Å². The number of likely N-dealkylation sites (tertiary alicyclic amines) is 1. The topological polar surface area (TPSA) is 70.2 Å². The summed E-state index contributed by atoms with van der Waals surface area (Å²) >= 11 is 0. The Bertz CT molecular complexity index is 885. The van der Waals surface area contributed by atoms with Gasteiger partial charge in [0, 0.05) is 36.6 Å². The van der Waals surface area contributed by atoms with Gasteiger partial charge >= 0.3 is 0 Å². The van der Waals surface area contributed by atoms with Gasteiger partial charge < -0.3 is 10.1 Å². The molecule has 0 unspecified atom stereocenters. The standard InChI is InChI=1S/C21H24N4O2/c26-21(16-6-7-20-17(14-16)15-22-24-20)23-18-8-10-25(11-9-18)12-13-27-19-4-2-1-3-5-19/h1-7,14-15,18H,8-13H2,(H,22,24)(H,23,26). The zero-order valence-electron chi connectivity index (χ0n) is 15.2. The Kier molecular flexibility index (Phi) is 5.34. The van der Waals surface area contributed by atoms with Gasteiger partial charge in [-0.3, -0.25) is 14.8 Å². The first-order valence-electron chi connectivity index (χ1n) is 9.42. The van der Waals surface area contributed by atoms with Crippen molar-refractivity contribution in [1.29, 1.82) is 0 Å². The van der Waals surface area contributed by atoms with Crippen LogP contribution in [0.1, 0.15) is 23.2 Å². The van der Waals surface area contributed by atoms with Gasteiger partial charge in [0.15, 0.2) is 0 Å². The molecule has 3 aromatic rings. The predicted octanol–water partition coefficient (Wildman–Crippen LogP) is 2.84. The lowest BCUT2D eigenvalue weighted by Gasteiger charge is -2.32. The van der Waals surface area contributed by atoms with Crippen LogP contribution in [0.15, 0.2) is 54.7 Å². The number of H-pyrrole nitrogens is 1. The van der Waals surface area contributed by atoms with E-state index in [0.717, 1.165) is 49.1 Å². The van der Waals surface area contributed by atoms with Crippen molar-refractivity contribution in [2.75, 3.05) is 26.2 Å². The molecule has 0 aliphatic carbocycles. The minimum atomic E-state index is -0.0102. The number of para-hydroxylation sites is 1. The molecule has 1 aliphatic heterocycles. The molecule has 0 atom stereocenters. The molecule has 1 fully saturated rings. The molecule has 6 nitrogen and oxygen atoms in total. The summed E-state index contributed by atoms with van der Waals surface area (Å²) in [7, 11) is 0. The molecular formula is C21H24N4O2. The monoisotopic (exact) mass is 364 g/mol. The number of benzene rings is 2. The van der Waals surface area contributed by atoms with Crippen LogP contribution in [-0.4, -0.2) is 53.3 Å². The van der Waals surface area contributed by atoms with E-state index in [0.29, 0.717) is 12.2 Å². The minimum Gasteiger partial charge on any atom is -0.492 e. The molecule has 4 rings (SSSR count). The van der Waals surface area contributed by atoms with Gasteiger partial charge in [-0.25, -0.2) is 0 Å². The van der Waals surface area contributed by atoms with Gasteiger partial charge in [-0.15, -0.1) is 0 Å². The normalized spacial score (nSPS) is 15.7. The number of rotatable bonds is 6. The zero-order chi connectivity index (χ0) is 18.5. The summed E-state index contributed by atoms with van der Waals surface area (Å²) in [6.45, 7) is 3.55. The molecule has 0 bridgehead atoms. The number of carbonyl (C=O) groups excluding carboxylic acids is 1. The van der Waals surface area contributed by atoms with Crippen LogP contribution in [0, 0.1) is 0 Å². The van der Waals surface area contributed by atoms with Crippen LogP contribution in [0.5, 0.6) is 5.75 Å². The van der Waals surface area contributed by atoms with Crippen LogP contribution in [0.25, 0.3) is 10.9 Å². The Morgan fingerprint density at radius 2 is 2.00 bits per heavy atom. The number of ether oxygens (including phenoxy) is 1. The Labute approximate surface area is 158 Å². The van der Waals surface area contributed by atoms with Crippen molar-refractivity contribution in [1.82, 2.24) is 20.4 Å². The van der Waals surface area contributed by atoms with Crippen LogP contribution in [0.4, 0.5) is 0 Å². The average Bonchev–Trinajstić information content (AvgIpc) is 3.18. The maximum absolute atomic E-state index is 12.5. The number of aromatic nitrogens is 2. The van der Waals surface area contributed by atoms with Crippen LogP contribution in [-0.2, 0) is 0 Å². The van der Waals surface area contributed by atoms with Crippen LogP contribution >= 0.6 is 0 Å². The summed E-state index contributed by atoms with van der Waals surface area (Å²) in [5.41, 5.74) is 1.63. The molecule has 0 spiro atoms. The van der Waals surface area contributed by atoms with E-state index in [9.17, 15) is 4.79 Å². The van der Waals surface area contributed by atoms with Gasteiger partial charge in [-0.2, -0.15) is 5.10 Å². The molecule has 1 amide bonds. The quantitative estimate of drug-likeness (QED) is 0.706. The van der Waals surface area contributed by atoms with Crippen LogP contribution in [0.2, 0.25) is 0 Å². The molecule has 0 radical (unpaired) electrons. The van der Waals surface area contributed by atoms with Gasteiger partial charge in [-0.05, 0) is 43.2 Å². The Morgan fingerprint density at radius 1 is 1.19 bits per heavy atom. The first-order valence-corrected chi connectivity index (χ1v) is 9.42. The molecule has 2 heterocycles. The number of amides is 1. The minimum absolute atomic E-state index is 0.0102. The lowest BCUT2D eigenvalue weighted by Crippen LogP contribution is -2.45. The summed E-state index contributed by atoms with van der Waals surface area (Å²) < 4.78 is 5.77. The number of aromatic amines is 1. The van der Waals surface area contributed by atoms with Crippen LogP contribution in [0.3, 0.4) is 0 Å². The van der Waals surface area contributed by atoms with Crippen molar-refractivity contribution in [3.8, 4) is 5.75 Å². The predicted molar refractivity (Wildman–Crippen MR) is 105 cm³/mol. The van der Waals surface area contributed by atoms with Crippen molar-refractivity contribution in [3.05, 3.63) is 60.3 Å². The number of piperidine rings is 1. The Balaban J connectivity index is 1.21. The van der Waals surface area contributed by atoms with Crippen molar-refractivity contribution >= 4 is 16.8 Å². The van der Waals surface area contributed by atoms with E-state index in [1.165, 1.54) is 0 Å². The van der Waals surface area contributed by atoms with Crippen molar-refractivity contribution < 1.29 is 9.53 Å². The highest BCUT2D eigenvalue weighted by Crippen LogP contribution is 2.15. The second-order valence-corrected chi connectivity index (χ2v) is 6.92. The fourth-order valence-electron chi connectivity index (χ4n) is 3.46. The zero-order valence-corrected chi connectivity index (χ0v) is 15.2. The second-order valence-electron chi connectivity index (χ2n) is 6.92. The maximum Gasteiger partial charge on any atom is 0.251 e. The molecule has 1 aromatic heterocycles. The van der Waals surface area contributed by atoms with Gasteiger partial charge in [0.1, 0.15) is 12.4 Å². The summed E-state index contributed by atoms with van der Waals surface area (Å²) in [4.78, 5) is 14.9. The van der Waals surface area contributed by atoms with E-state index in [4.69, 9.17) is 4.74 Å². The van der Waals surface area contributed by atoms with Gasteiger partial charge in [0.25, 0.3) is 5.91 Å². The highest BCUT2D eigenvalue weighted by Gasteiger charge is 2.21. The van der Waals surface area contributed by atoms with Crippen molar-refractivity contribution in [2.24, 2.45) is 0 Å². The lowest BCUT2D eigenvalue weighted by atomic mass is 10.0. The molecule has 140 valence electrons. The van der Waals surface area contributed by atoms with E-state index in [1.807, 2.05) is 48.5 Å². The maximum atomic E-state index is 12.5. The van der Waals surface area contributed by atoms with E-state index in [-0.39, 0.29) is 11.9 Å². The summed E-state index contributed by atoms with van der Waals surface area (Å²) in [6.07, 6.45) is 3.66. The van der Waals surface area contributed by atoms with Crippen molar-refractivity contribution in [2.45, 2.75) is 18.9 Å². The van der Waals surface area contributed by atoms with E-state index < -0.39 is 0 Å². The Hall–Kier alpha value is -2.86. The van der Waals surface area contributed by atoms with Gasteiger partial charge in [0.2, 0.25) is 0 Å². The number of carbonyl (C=O) groups is 1. The van der Waals surface area contributed by atoms with Crippen molar-refractivity contribution in [3.63, 3.8) is 0 Å². The van der Waals surface area contributed by atoms with Crippen LogP contribution < -0.4 is 10.1 Å². The number of hydrogen-bond donors (Lipinski definition) is 2. The summed E-state index contributed by atoms with van der Waals surface area (Å²) in [6, 6.07) is 15.7. The summed E-state index contributed by atoms with van der Waals surface area (Å²) in [5.74, 6) is 0.901. The lowest BCUT2D eigenvalue weighted by molar-refractivity contribution is 0.0905. The molecule has 2 N–H and O–H groups in total. The largest absolute Gasteiger partial charge is 0.492 e. The smallest absolute Gasteiger partial charge is 0.251 e. The molecule has 2 aromatic carbocycles. The average molecular weight is 364 g/mol. The highest BCUT2D eigenvalue weighted by atomic mass is 16.5. The molecule has 6 heteroatoms. The number of hydrogen-bond acceptors (Lipinski definition) is 4. The second kappa shape index (κ2) is 8.22. The Morgan fingerprint density at radius 3 is 2.81 bits per heavy atom. The molecule has 0 saturated carbocycles. The fraction of sp³-hybridized carbons (Fsp3) is 0.333. The number of nitrogens with zero attached hydrogens (tertiary/aromatic N) is 2. The molecular weight excluding hydrogens is 340 g/mol. The van der Waals surface area contributed by atoms with E-state index in [1.54, 1.807) is 6.20 Å². The molecule has 1 saturated heterocycles. The van der Waals surface area contributed by atoms with E-state index >= 15 is 0 Å². The van der Waals surface area contributed by atoms with Gasteiger partial charge in [0.05, 0.1) is 11.7 Å². The fourth-order valence-corrected chi connectivity index (χ4v) is 3.46. The highest BCUT2D eigenvalue weighted by molar-refractivity contribution is 5.98.